The van der Waals surface area contributed by atoms with Crippen LogP contribution in [0.2, 0.25) is 0 Å². The third kappa shape index (κ3) is 4.09. The van der Waals surface area contributed by atoms with Crippen molar-refractivity contribution in [2.45, 2.75) is 6.10 Å². The van der Waals surface area contributed by atoms with Crippen molar-refractivity contribution in [2.24, 2.45) is 7.05 Å². The summed E-state index contributed by atoms with van der Waals surface area (Å²) in [7, 11) is -1.22. The zero-order chi connectivity index (χ0) is 17.9. The van der Waals surface area contributed by atoms with Crippen molar-refractivity contribution in [1.82, 2.24) is 9.78 Å². The summed E-state index contributed by atoms with van der Waals surface area (Å²) in [4.78, 5) is 11.2. The molecular weight excluding hydrogens is 341 g/mol. The largest absolute Gasteiger partial charge is 0.476 e. The summed E-state index contributed by atoms with van der Waals surface area (Å²) in [5.41, 5.74) is 0.0576. The standard InChI is InChI=1S/C14H16FN3O5S/c1-18-13(14(19)20)11(7-16-18)17-24(21,22)8-12(23-2)9-3-5-10(15)6-4-9/h3-7,12,17H,8H2,1-2H3,(H,19,20). The Balaban J connectivity index is 2.21. The van der Waals surface area contributed by atoms with Gasteiger partial charge in [-0.1, -0.05) is 12.1 Å². The minimum atomic E-state index is -3.93. The average molecular weight is 357 g/mol. The van der Waals surface area contributed by atoms with Gasteiger partial charge in [0.05, 0.1) is 18.1 Å². The highest BCUT2D eigenvalue weighted by molar-refractivity contribution is 7.92. The second-order valence-electron chi connectivity index (χ2n) is 4.99. The lowest BCUT2D eigenvalue weighted by molar-refractivity contribution is 0.0686. The molecule has 0 aliphatic heterocycles. The van der Waals surface area contributed by atoms with Crippen molar-refractivity contribution in [2.75, 3.05) is 17.6 Å². The zero-order valence-corrected chi connectivity index (χ0v) is 13.7. The Hall–Kier alpha value is -2.46. The Morgan fingerprint density at radius 1 is 1.42 bits per heavy atom. The van der Waals surface area contributed by atoms with Gasteiger partial charge >= 0.3 is 5.97 Å². The molecule has 1 aromatic heterocycles. The van der Waals surface area contributed by atoms with E-state index in [-0.39, 0.29) is 11.4 Å². The molecule has 0 saturated heterocycles. The summed E-state index contributed by atoms with van der Waals surface area (Å²) in [6.45, 7) is 0. The number of aryl methyl sites for hydroxylation is 1. The molecule has 10 heteroatoms. The minimum Gasteiger partial charge on any atom is -0.476 e. The number of carboxylic acid groups (broad SMARTS) is 1. The molecule has 0 bridgehead atoms. The van der Waals surface area contributed by atoms with Gasteiger partial charge in [0, 0.05) is 14.2 Å². The van der Waals surface area contributed by atoms with Gasteiger partial charge in [0.25, 0.3) is 0 Å². The number of aromatic carboxylic acids is 1. The molecule has 0 aliphatic rings. The zero-order valence-electron chi connectivity index (χ0n) is 12.9. The lowest BCUT2D eigenvalue weighted by Crippen LogP contribution is -2.23. The maximum absolute atomic E-state index is 13.0. The molecule has 1 atom stereocenters. The quantitative estimate of drug-likeness (QED) is 0.775. The van der Waals surface area contributed by atoms with E-state index in [0.717, 1.165) is 10.9 Å². The van der Waals surface area contributed by atoms with E-state index in [1.165, 1.54) is 38.4 Å². The van der Waals surface area contributed by atoms with E-state index in [2.05, 4.69) is 9.82 Å². The maximum atomic E-state index is 13.0. The SMILES string of the molecule is COC(CS(=O)(=O)Nc1cnn(C)c1C(=O)O)c1ccc(F)cc1. The molecule has 0 amide bonds. The first-order chi connectivity index (χ1) is 11.2. The fraction of sp³-hybridized carbons (Fsp3) is 0.286. The average Bonchev–Trinajstić information content (AvgIpc) is 2.86. The molecule has 1 unspecified atom stereocenters. The molecule has 0 radical (unpaired) electrons. The van der Waals surface area contributed by atoms with E-state index in [4.69, 9.17) is 9.84 Å². The van der Waals surface area contributed by atoms with Crippen LogP contribution < -0.4 is 4.72 Å². The van der Waals surface area contributed by atoms with Gasteiger partial charge in [-0.15, -0.1) is 0 Å². The number of rotatable bonds is 7. The van der Waals surface area contributed by atoms with Crippen molar-refractivity contribution in [3.63, 3.8) is 0 Å². The van der Waals surface area contributed by atoms with Crippen LogP contribution >= 0.6 is 0 Å². The highest BCUT2D eigenvalue weighted by atomic mass is 32.2. The third-order valence-corrected chi connectivity index (χ3v) is 4.58. The number of anilines is 1. The molecule has 130 valence electrons. The van der Waals surface area contributed by atoms with Crippen molar-refractivity contribution in [3.8, 4) is 0 Å². The lowest BCUT2D eigenvalue weighted by Gasteiger charge is -2.16. The summed E-state index contributed by atoms with van der Waals surface area (Å²) >= 11 is 0. The van der Waals surface area contributed by atoms with Crippen molar-refractivity contribution < 1.29 is 27.4 Å². The number of carboxylic acids is 1. The van der Waals surface area contributed by atoms with E-state index in [0.29, 0.717) is 5.56 Å². The molecule has 0 spiro atoms. The van der Waals surface area contributed by atoms with Gasteiger partial charge in [-0.2, -0.15) is 5.10 Å². The van der Waals surface area contributed by atoms with Gasteiger partial charge in [0.2, 0.25) is 10.0 Å². The van der Waals surface area contributed by atoms with E-state index >= 15 is 0 Å². The van der Waals surface area contributed by atoms with Crippen LogP contribution in [-0.2, 0) is 21.8 Å². The van der Waals surface area contributed by atoms with Crippen molar-refractivity contribution in [1.29, 1.82) is 0 Å². The van der Waals surface area contributed by atoms with Crippen LogP contribution in [0.3, 0.4) is 0 Å². The molecule has 0 fully saturated rings. The second kappa shape index (κ2) is 6.97. The first-order valence-corrected chi connectivity index (χ1v) is 8.43. The highest BCUT2D eigenvalue weighted by Gasteiger charge is 2.24. The number of carbonyl (C=O) groups is 1. The Bertz CT molecular complexity index is 833. The van der Waals surface area contributed by atoms with E-state index in [9.17, 15) is 17.6 Å². The molecule has 2 rings (SSSR count). The summed E-state index contributed by atoms with van der Waals surface area (Å²) in [5, 5.41) is 12.8. The molecule has 0 saturated carbocycles. The summed E-state index contributed by atoms with van der Waals surface area (Å²) in [6, 6.07) is 5.24. The monoisotopic (exact) mass is 357 g/mol. The summed E-state index contributed by atoms with van der Waals surface area (Å²) in [6.07, 6.45) is 0.272. The van der Waals surface area contributed by atoms with Crippen LogP contribution in [-0.4, -0.2) is 42.1 Å². The molecule has 2 aromatic rings. The molecule has 2 N–H and O–H groups in total. The molecule has 24 heavy (non-hydrogen) atoms. The van der Waals surface area contributed by atoms with Gasteiger partial charge in [0.1, 0.15) is 11.5 Å². The Morgan fingerprint density at radius 3 is 2.58 bits per heavy atom. The van der Waals surface area contributed by atoms with Crippen LogP contribution in [0.15, 0.2) is 30.5 Å². The van der Waals surface area contributed by atoms with Crippen molar-refractivity contribution >= 4 is 21.7 Å². The van der Waals surface area contributed by atoms with Gasteiger partial charge in [-0.05, 0) is 17.7 Å². The molecule has 8 nitrogen and oxygen atoms in total. The van der Waals surface area contributed by atoms with Gasteiger partial charge in [-0.25, -0.2) is 17.6 Å². The Labute approximate surface area is 137 Å². The minimum absolute atomic E-state index is 0.140. The van der Waals surface area contributed by atoms with E-state index in [1.807, 2.05) is 0 Å². The smallest absolute Gasteiger partial charge is 0.356 e. The van der Waals surface area contributed by atoms with E-state index < -0.39 is 33.7 Å². The molecular formula is C14H16FN3O5S. The first-order valence-electron chi connectivity index (χ1n) is 6.77. The number of nitrogens with one attached hydrogen (secondary N) is 1. The summed E-state index contributed by atoms with van der Waals surface area (Å²) < 4.78 is 46.0. The third-order valence-electron chi connectivity index (χ3n) is 3.30. The normalized spacial score (nSPS) is 12.8. The lowest BCUT2D eigenvalue weighted by atomic mass is 10.1. The molecule has 0 aliphatic carbocycles. The molecule has 1 heterocycles. The Morgan fingerprint density at radius 2 is 2.04 bits per heavy atom. The van der Waals surface area contributed by atoms with Gasteiger partial charge in [0.15, 0.2) is 5.69 Å². The number of benzene rings is 1. The number of ether oxygens (including phenoxy) is 1. The number of hydrogen-bond donors (Lipinski definition) is 2. The Kier molecular flexibility index (Phi) is 5.20. The molecule has 1 aromatic carbocycles. The second-order valence-corrected chi connectivity index (χ2v) is 6.76. The van der Waals surface area contributed by atoms with Crippen LogP contribution in [0.25, 0.3) is 0 Å². The number of nitrogens with zero attached hydrogens (tertiary/aromatic N) is 2. The summed E-state index contributed by atoms with van der Waals surface area (Å²) in [5.74, 6) is -2.23. The highest BCUT2D eigenvalue weighted by Crippen LogP contribution is 2.22. The maximum Gasteiger partial charge on any atom is 0.356 e. The number of halogens is 1. The topological polar surface area (TPSA) is 111 Å². The first kappa shape index (κ1) is 17.9. The van der Waals surface area contributed by atoms with Crippen LogP contribution in [0, 0.1) is 5.82 Å². The number of sulfonamides is 1. The predicted octanol–water partition coefficient (Wildman–Crippen LogP) is 1.39. The number of methoxy groups -OCH3 is 1. The van der Waals surface area contributed by atoms with Gasteiger partial charge < -0.3 is 9.84 Å². The fourth-order valence-corrected chi connectivity index (χ4v) is 3.45. The van der Waals surface area contributed by atoms with Gasteiger partial charge in [-0.3, -0.25) is 9.40 Å². The van der Waals surface area contributed by atoms with Crippen LogP contribution in [0.1, 0.15) is 22.2 Å². The fourth-order valence-electron chi connectivity index (χ4n) is 2.15. The van der Waals surface area contributed by atoms with Crippen molar-refractivity contribution in [3.05, 3.63) is 47.5 Å². The van der Waals surface area contributed by atoms with Crippen LogP contribution in [0.5, 0.6) is 0 Å². The number of aromatic nitrogens is 2. The van der Waals surface area contributed by atoms with E-state index in [1.54, 1.807) is 0 Å². The van der Waals surface area contributed by atoms with Crippen LogP contribution in [0.4, 0.5) is 10.1 Å². The predicted molar refractivity (Wildman–Crippen MR) is 83.7 cm³/mol. The number of hydrogen-bond acceptors (Lipinski definition) is 5.